The first-order valence-electron chi connectivity index (χ1n) is 13.4. The molecule has 210 valence electrons. The average molecular weight is 563 g/mol. The number of nitrogens with zero attached hydrogens (tertiary/aromatic N) is 4. The number of esters is 1. The van der Waals surface area contributed by atoms with Crippen LogP contribution in [-0.4, -0.2) is 52.9 Å². The third kappa shape index (κ3) is 5.33. The topological polar surface area (TPSA) is 104 Å². The van der Waals surface area contributed by atoms with Gasteiger partial charge in [0.25, 0.3) is 0 Å². The lowest BCUT2D eigenvalue weighted by Crippen LogP contribution is -2.35. The normalized spacial score (nSPS) is 17.6. The Morgan fingerprint density at radius 1 is 1.10 bits per heavy atom. The number of carbonyl (C=O) groups excluding carboxylic acids is 1. The molecule has 1 aromatic heterocycles. The molecule has 0 saturated heterocycles. The van der Waals surface area contributed by atoms with Crippen molar-refractivity contribution in [3.63, 3.8) is 0 Å². The summed E-state index contributed by atoms with van der Waals surface area (Å²) in [4.78, 5) is 12.9. The third-order valence-corrected chi connectivity index (χ3v) is 9.22. The van der Waals surface area contributed by atoms with Crippen LogP contribution in [0.4, 0.5) is 0 Å². The Kier molecular flexibility index (Phi) is 7.65. The Balaban J connectivity index is 1.55. The Morgan fingerprint density at radius 2 is 1.88 bits per heavy atom. The van der Waals surface area contributed by atoms with E-state index in [2.05, 4.69) is 16.4 Å². The van der Waals surface area contributed by atoms with E-state index in [1.165, 1.54) is 4.31 Å². The highest BCUT2D eigenvalue weighted by atomic mass is 32.2. The summed E-state index contributed by atoms with van der Waals surface area (Å²) in [7, 11) is -1.94. The van der Waals surface area contributed by atoms with Crippen molar-refractivity contribution in [2.45, 2.75) is 57.6 Å². The van der Waals surface area contributed by atoms with E-state index in [1.807, 2.05) is 52.1 Å². The lowest BCUT2D eigenvalue weighted by molar-refractivity contribution is -0.143. The Hall–Kier alpha value is -3.76. The van der Waals surface area contributed by atoms with E-state index >= 15 is 0 Å². The molecule has 0 fully saturated rings. The van der Waals surface area contributed by atoms with Crippen LogP contribution in [0.5, 0.6) is 5.75 Å². The summed E-state index contributed by atoms with van der Waals surface area (Å²) in [6.07, 6.45) is -0.179. The van der Waals surface area contributed by atoms with Gasteiger partial charge in [-0.15, -0.1) is 5.10 Å². The molecule has 0 radical (unpaired) electrons. The van der Waals surface area contributed by atoms with Gasteiger partial charge in [-0.2, -0.15) is 4.31 Å². The molecular formula is C30H34N4O5S. The van der Waals surface area contributed by atoms with Crippen molar-refractivity contribution in [2.24, 2.45) is 7.05 Å². The number of hydrogen-bond donors (Lipinski definition) is 0. The lowest BCUT2D eigenvalue weighted by Gasteiger charge is -2.24. The SMILES string of the molecule is CCOC(=O)CC(c1ccc(C)c(CN2CC(C)Oc3ccccc3S2(=O)=O)c1)c1cc(C)c2c(c1)nnn2C. The molecule has 0 aliphatic carbocycles. The summed E-state index contributed by atoms with van der Waals surface area (Å²) < 4.78 is 41.8. The second-order valence-electron chi connectivity index (χ2n) is 10.3. The largest absolute Gasteiger partial charge is 0.488 e. The minimum Gasteiger partial charge on any atom is -0.488 e. The van der Waals surface area contributed by atoms with Crippen LogP contribution < -0.4 is 4.74 Å². The molecule has 1 aliphatic rings. The minimum absolute atomic E-state index is 0.141. The zero-order valence-electron chi connectivity index (χ0n) is 23.4. The quantitative estimate of drug-likeness (QED) is 0.302. The maximum atomic E-state index is 13.7. The van der Waals surface area contributed by atoms with Gasteiger partial charge in [0, 0.05) is 19.5 Å². The second kappa shape index (κ2) is 11.0. The third-order valence-electron chi connectivity index (χ3n) is 7.37. The highest BCUT2D eigenvalue weighted by molar-refractivity contribution is 7.89. The summed E-state index contributed by atoms with van der Waals surface area (Å²) in [5, 5.41) is 8.46. The zero-order valence-corrected chi connectivity index (χ0v) is 24.2. The predicted molar refractivity (Wildman–Crippen MR) is 152 cm³/mol. The predicted octanol–water partition coefficient (Wildman–Crippen LogP) is 4.64. The fraction of sp³-hybridized carbons (Fsp3) is 0.367. The number of hydrogen-bond acceptors (Lipinski definition) is 7. The fourth-order valence-corrected chi connectivity index (χ4v) is 7.03. The molecule has 0 bridgehead atoms. The van der Waals surface area contributed by atoms with Gasteiger partial charge < -0.3 is 9.47 Å². The standard InChI is InChI=1S/C30H34N4O5S/c1-6-38-29(35)16-25(23-13-20(3)30-26(15-23)31-32-33(30)5)22-12-11-19(2)24(14-22)18-34-17-21(4)39-27-9-7-8-10-28(27)40(34,36)37/h7-15,21,25H,6,16-18H2,1-5H3. The van der Waals surface area contributed by atoms with Gasteiger partial charge in [0.1, 0.15) is 22.3 Å². The zero-order chi connectivity index (χ0) is 28.6. The minimum atomic E-state index is -3.79. The Labute approximate surface area is 234 Å². The van der Waals surface area contributed by atoms with Crippen LogP contribution in [0.1, 0.15) is 54.0 Å². The van der Waals surface area contributed by atoms with E-state index in [0.29, 0.717) is 12.4 Å². The van der Waals surface area contributed by atoms with Crippen molar-refractivity contribution in [1.29, 1.82) is 0 Å². The van der Waals surface area contributed by atoms with Crippen molar-refractivity contribution < 1.29 is 22.7 Å². The summed E-state index contributed by atoms with van der Waals surface area (Å²) in [5.41, 5.74) is 6.33. The number of aromatic nitrogens is 3. The van der Waals surface area contributed by atoms with Gasteiger partial charge in [-0.3, -0.25) is 4.79 Å². The molecular weight excluding hydrogens is 528 g/mol. The molecule has 5 rings (SSSR count). The molecule has 1 aliphatic heterocycles. The van der Waals surface area contributed by atoms with Crippen LogP contribution in [0, 0.1) is 13.8 Å². The van der Waals surface area contributed by atoms with Crippen molar-refractivity contribution >= 4 is 27.0 Å². The molecule has 9 nitrogen and oxygen atoms in total. The highest BCUT2D eigenvalue weighted by Crippen LogP contribution is 2.35. The smallest absolute Gasteiger partial charge is 0.306 e. The van der Waals surface area contributed by atoms with E-state index in [9.17, 15) is 13.2 Å². The van der Waals surface area contributed by atoms with Crippen LogP contribution in [0.2, 0.25) is 0 Å². The molecule has 0 amide bonds. The number of benzene rings is 3. The number of sulfonamides is 1. The Morgan fingerprint density at radius 3 is 2.65 bits per heavy atom. The van der Waals surface area contributed by atoms with Crippen LogP contribution in [0.15, 0.2) is 59.5 Å². The molecule has 2 unspecified atom stereocenters. The van der Waals surface area contributed by atoms with E-state index in [4.69, 9.17) is 9.47 Å². The molecule has 2 atom stereocenters. The van der Waals surface area contributed by atoms with Gasteiger partial charge in [0.15, 0.2) is 0 Å². The van der Waals surface area contributed by atoms with Crippen LogP contribution >= 0.6 is 0 Å². The second-order valence-corrected chi connectivity index (χ2v) is 12.2. The molecule has 0 saturated carbocycles. The molecule has 3 aromatic carbocycles. The monoisotopic (exact) mass is 562 g/mol. The van der Waals surface area contributed by atoms with Gasteiger partial charge in [-0.25, -0.2) is 13.1 Å². The van der Waals surface area contributed by atoms with E-state index in [-0.39, 0.29) is 42.4 Å². The van der Waals surface area contributed by atoms with Gasteiger partial charge in [0.05, 0.1) is 25.1 Å². The molecule has 10 heteroatoms. The van der Waals surface area contributed by atoms with Gasteiger partial charge in [-0.05, 0) is 73.7 Å². The molecule has 0 spiro atoms. The number of rotatable bonds is 7. The number of ether oxygens (including phenoxy) is 2. The number of carbonyl (C=O) groups is 1. The van der Waals surface area contributed by atoms with E-state index in [1.54, 1.807) is 35.9 Å². The van der Waals surface area contributed by atoms with Crippen LogP contribution in [-0.2, 0) is 33.1 Å². The highest BCUT2D eigenvalue weighted by Gasteiger charge is 2.33. The maximum absolute atomic E-state index is 13.7. The summed E-state index contributed by atoms with van der Waals surface area (Å²) in [6, 6.07) is 16.8. The first-order chi connectivity index (χ1) is 19.1. The molecule has 4 aromatic rings. The number of aryl methyl sites for hydroxylation is 3. The summed E-state index contributed by atoms with van der Waals surface area (Å²) in [6.45, 7) is 8.32. The van der Waals surface area contributed by atoms with E-state index < -0.39 is 10.0 Å². The van der Waals surface area contributed by atoms with Crippen LogP contribution in [0.25, 0.3) is 11.0 Å². The molecule has 40 heavy (non-hydrogen) atoms. The first kappa shape index (κ1) is 27.8. The number of para-hydroxylation sites is 1. The van der Waals surface area contributed by atoms with Crippen molar-refractivity contribution in [3.8, 4) is 5.75 Å². The van der Waals surface area contributed by atoms with Crippen molar-refractivity contribution in [2.75, 3.05) is 13.2 Å². The fourth-order valence-electron chi connectivity index (χ4n) is 5.42. The maximum Gasteiger partial charge on any atom is 0.306 e. The average Bonchev–Trinajstić information content (AvgIpc) is 3.25. The summed E-state index contributed by atoms with van der Waals surface area (Å²) >= 11 is 0. The van der Waals surface area contributed by atoms with Crippen molar-refractivity contribution in [3.05, 3.63) is 82.4 Å². The van der Waals surface area contributed by atoms with Gasteiger partial charge >= 0.3 is 5.97 Å². The van der Waals surface area contributed by atoms with Crippen LogP contribution in [0.3, 0.4) is 0 Å². The summed E-state index contributed by atoms with van der Waals surface area (Å²) in [5.74, 6) is -0.247. The van der Waals surface area contributed by atoms with Gasteiger partial charge in [-0.1, -0.05) is 41.6 Å². The van der Waals surface area contributed by atoms with Crippen molar-refractivity contribution in [1.82, 2.24) is 19.3 Å². The van der Waals surface area contributed by atoms with Gasteiger partial charge in [0.2, 0.25) is 10.0 Å². The number of fused-ring (bicyclic) bond motifs is 2. The molecule has 0 N–H and O–H groups in total. The van der Waals surface area contributed by atoms with E-state index in [0.717, 1.165) is 38.9 Å². The molecule has 2 heterocycles. The first-order valence-corrected chi connectivity index (χ1v) is 14.8. The Bertz CT molecular complexity index is 1680. The lowest BCUT2D eigenvalue weighted by atomic mass is 9.86.